The Morgan fingerprint density at radius 1 is 1.59 bits per heavy atom. The van der Waals surface area contributed by atoms with Gasteiger partial charge in [-0.1, -0.05) is 12.1 Å². The smallest absolute Gasteiger partial charge is 0.251 e. The number of hydrogen-bond donors (Lipinski definition) is 3. The van der Waals surface area contributed by atoms with Crippen molar-refractivity contribution in [3.63, 3.8) is 0 Å². The number of benzene rings is 1. The molecule has 0 spiro atoms. The lowest BCUT2D eigenvalue weighted by Gasteiger charge is -2.20. The molecule has 4 heteroatoms. The molecule has 0 saturated carbocycles. The zero-order valence-corrected chi connectivity index (χ0v) is 9.99. The summed E-state index contributed by atoms with van der Waals surface area (Å²) in [6.45, 7) is 3.48. The molecule has 1 amide bonds. The van der Waals surface area contributed by atoms with Gasteiger partial charge in [0.1, 0.15) is 0 Å². The van der Waals surface area contributed by atoms with Crippen molar-refractivity contribution in [3.05, 3.63) is 34.9 Å². The van der Waals surface area contributed by atoms with E-state index in [0.29, 0.717) is 0 Å². The second kappa shape index (κ2) is 5.29. The maximum Gasteiger partial charge on any atom is 0.251 e. The molecule has 0 saturated heterocycles. The molecular weight excluding hydrogens is 216 g/mol. The molecule has 2 rings (SSSR count). The van der Waals surface area contributed by atoms with Crippen LogP contribution in [0.2, 0.25) is 0 Å². The molecule has 1 heterocycles. The molecule has 92 valence electrons. The number of amides is 1. The maximum atomic E-state index is 12.0. The second-order valence-electron chi connectivity index (χ2n) is 4.43. The van der Waals surface area contributed by atoms with Crippen molar-refractivity contribution >= 4 is 5.91 Å². The summed E-state index contributed by atoms with van der Waals surface area (Å²) in [5, 5.41) is 15.0. The fourth-order valence-electron chi connectivity index (χ4n) is 2.09. The highest BCUT2D eigenvalue weighted by Crippen LogP contribution is 2.18. The molecule has 3 N–H and O–H groups in total. The van der Waals surface area contributed by atoms with Gasteiger partial charge in [-0.3, -0.25) is 4.79 Å². The third kappa shape index (κ3) is 2.65. The topological polar surface area (TPSA) is 61.4 Å². The van der Waals surface area contributed by atoms with Gasteiger partial charge in [-0.05, 0) is 37.1 Å². The Labute approximate surface area is 101 Å². The molecule has 17 heavy (non-hydrogen) atoms. The third-order valence-electron chi connectivity index (χ3n) is 3.04. The summed E-state index contributed by atoms with van der Waals surface area (Å²) in [5.41, 5.74) is 3.07. The van der Waals surface area contributed by atoms with Crippen LogP contribution in [0.25, 0.3) is 0 Å². The predicted molar refractivity (Wildman–Crippen MR) is 65.9 cm³/mol. The van der Waals surface area contributed by atoms with Crippen LogP contribution in [-0.2, 0) is 13.0 Å². The fraction of sp³-hybridized carbons (Fsp3) is 0.462. The molecule has 0 radical (unpaired) electrons. The molecule has 0 unspecified atom stereocenters. The van der Waals surface area contributed by atoms with Crippen LogP contribution in [0.1, 0.15) is 28.4 Å². The Balaban J connectivity index is 2.23. The van der Waals surface area contributed by atoms with E-state index in [1.54, 1.807) is 6.92 Å². The van der Waals surface area contributed by atoms with E-state index in [0.717, 1.165) is 30.6 Å². The molecule has 0 fully saturated rings. The molecule has 1 aromatic carbocycles. The van der Waals surface area contributed by atoms with Gasteiger partial charge in [-0.2, -0.15) is 0 Å². The molecule has 1 aromatic rings. The lowest BCUT2D eigenvalue weighted by molar-refractivity contribution is 0.0921. The van der Waals surface area contributed by atoms with E-state index in [-0.39, 0.29) is 18.6 Å². The van der Waals surface area contributed by atoms with Gasteiger partial charge in [0.2, 0.25) is 0 Å². The van der Waals surface area contributed by atoms with E-state index < -0.39 is 0 Å². The number of aliphatic hydroxyl groups excluding tert-OH is 1. The lowest BCUT2D eigenvalue weighted by atomic mass is 9.95. The van der Waals surface area contributed by atoms with Crippen molar-refractivity contribution in [3.8, 4) is 0 Å². The highest BCUT2D eigenvalue weighted by atomic mass is 16.3. The van der Waals surface area contributed by atoms with Gasteiger partial charge in [0.15, 0.2) is 0 Å². The van der Waals surface area contributed by atoms with Gasteiger partial charge in [-0.25, -0.2) is 0 Å². The summed E-state index contributed by atoms with van der Waals surface area (Å²) in [6.07, 6.45) is 0.881. The summed E-state index contributed by atoms with van der Waals surface area (Å²) in [6, 6.07) is 5.60. The molecule has 1 aliphatic rings. The quantitative estimate of drug-likeness (QED) is 0.711. The molecule has 0 aromatic heterocycles. The second-order valence-corrected chi connectivity index (χ2v) is 4.43. The average molecular weight is 234 g/mol. The summed E-state index contributed by atoms with van der Waals surface area (Å²) < 4.78 is 0. The first-order valence-electron chi connectivity index (χ1n) is 5.95. The average Bonchev–Trinajstić information content (AvgIpc) is 2.37. The summed E-state index contributed by atoms with van der Waals surface area (Å²) >= 11 is 0. The highest BCUT2D eigenvalue weighted by Gasteiger charge is 2.17. The van der Waals surface area contributed by atoms with Crippen molar-refractivity contribution in [2.75, 3.05) is 13.2 Å². The van der Waals surface area contributed by atoms with Gasteiger partial charge in [0.05, 0.1) is 6.61 Å². The number of nitrogens with one attached hydrogen (secondary N) is 2. The van der Waals surface area contributed by atoms with Crippen LogP contribution in [0.15, 0.2) is 18.2 Å². The van der Waals surface area contributed by atoms with E-state index >= 15 is 0 Å². The Kier molecular flexibility index (Phi) is 3.76. The summed E-state index contributed by atoms with van der Waals surface area (Å²) in [5.74, 6) is -0.0923. The van der Waals surface area contributed by atoms with Gasteiger partial charge < -0.3 is 15.7 Å². The van der Waals surface area contributed by atoms with E-state index in [1.807, 2.05) is 18.2 Å². The maximum absolute atomic E-state index is 12.0. The highest BCUT2D eigenvalue weighted by molar-refractivity contribution is 5.96. The number of hydrogen-bond acceptors (Lipinski definition) is 3. The van der Waals surface area contributed by atoms with Crippen LogP contribution in [0.4, 0.5) is 0 Å². The van der Waals surface area contributed by atoms with Gasteiger partial charge in [-0.15, -0.1) is 0 Å². The monoisotopic (exact) mass is 234 g/mol. The van der Waals surface area contributed by atoms with Crippen molar-refractivity contribution in [2.24, 2.45) is 0 Å². The molecule has 1 atom stereocenters. The van der Waals surface area contributed by atoms with E-state index in [4.69, 9.17) is 5.11 Å². The van der Waals surface area contributed by atoms with Gasteiger partial charge in [0, 0.05) is 18.2 Å². The summed E-state index contributed by atoms with van der Waals surface area (Å²) in [7, 11) is 0. The Bertz CT molecular complexity index is 418. The minimum Gasteiger partial charge on any atom is -0.394 e. The number of aliphatic hydroxyl groups is 1. The minimum atomic E-state index is -0.208. The molecule has 0 aliphatic carbocycles. The molecular formula is C13H18N2O2. The van der Waals surface area contributed by atoms with Crippen LogP contribution < -0.4 is 10.6 Å². The van der Waals surface area contributed by atoms with E-state index in [1.165, 1.54) is 5.56 Å². The number of fused-ring (bicyclic) bond motifs is 1. The Morgan fingerprint density at radius 3 is 3.18 bits per heavy atom. The van der Waals surface area contributed by atoms with Crippen molar-refractivity contribution in [1.82, 2.24) is 10.6 Å². The summed E-state index contributed by atoms with van der Waals surface area (Å²) in [4.78, 5) is 12.0. The standard InChI is InChI=1S/C13H18N2O2/c1-9(8-16)15-13(17)12-4-2-3-10-7-14-6-5-11(10)12/h2-4,9,14,16H,5-8H2,1H3,(H,15,17)/t9-/m0/s1. The first-order valence-corrected chi connectivity index (χ1v) is 5.95. The third-order valence-corrected chi connectivity index (χ3v) is 3.04. The minimum absolute atomic E-state index is 0.0394. The first-order chi connectivity index (χ1) is 8.22. The number of rotatable bonds is 3. The largest absolute Gasteiger partial charge is 0.394 e. The Morgan fingerprint density at radius 2 is 2.41 bits per heavy atom. The number of carbonyl (C=O) groups excluding carboxylic acids is 1. The normalized spacial score (nSPS) is 16.1. The van der Waals surface area contributed by atoms with Crippen molar-refractivity contribution in [1.29, 1.82) is 0 Å². The Hall–Kier alpha value is -1.39. The van der Waals surface area contributed by atoms with Crippen LogP contribution >= 0.6 is 0 Å². The first kappa shape index (κ1) is 12.1. The number of carbonyl (C=O) groups is 1. The zero-order chi connectivity index (χ0) is 12.3. The van der Waals surface area contributed by atoms with E-state index in [9.17, 15) is 4.79 Å². The van der Waals surface area contributed by atoms with E-state index in [2.05, 4.69) is 10.6 Å². The van der Waals surface area contributed by atoms with Gasteiger partial charge in [0.25, 0.3) is 5.91 Å². The van der Waals surface area contributed by atoms with Crippen LogP contribution in [0.5, 0.6) is 0 Å². The lowest BCUT2D eigenvalue weighted by Crippen LogP contribution is -2.36. The molecule has 0 bridgehead atoms. The molecule has 4 nitrogen and oxygen atoms in total. The van der Waals surface area contributed by atoms with Crippen molar-refractivity contribution < 1.29 is 9.90 Å². The van der Waals surface area contributed by atoms with Crippen LogP contribution in [0.3, 0.4) is 0 Å². The van der Waals surface area contributed by atoms with Crippen molar-refractivity contribution in [2.45, 2.75) is 25.9 Å². The predicted octanol–water partition coefficient (Wildman–Crippen LogP) is 0.443. The molecule has 1 aliphatic heterocycles. The van der Waals surface area contributed by atoms with Crippen LogP contribution in [-0.4, -0.2) is 30.2 Å². The SMILES string of the molecule is C[C@@H](CO)NC(=O)c1cccc2c1CCNC2. The zero-order valence-electron chi connectivity index (χ0n) is 9.99. The van der Waals surface area contributed by atoms with Gasteiger partial charge >= 0.3 is 0 Å². The fourth-order valence-corrected chi connectivity index (χ4v) is 2.09. The van der Waals surface area contributed by atoms with Crippen LogP contribution in [0, 0.1) is 0 Å².